The van der Waals surface area contributed by atoms with Crippen molar-refractivity contribution < 1.29 is 9.47 Å². The summed E-state index contributed by atoms with van der Waals surface area (Å²) < 4.78 is 11.4. The van der Waals surface area contributed by atoms with Gasteiger partial charge in [-0.3, -0.25) is 0 Å². The predicted octanol–water partition coefficient (Wildman–Crippen LogP) is 3.67. The van der Waals surface area contributed by atoms with Gasteiger partial charge in [-0.1, -0.05) is 25.5 Å². The Morgan fingerprint density at radius 2 is 2.24 bits per heavy atom. The molecule has 0 radical (unpaired) electrons. The maximum Gasteiger partial charge on any atom is 0.126 e. The first kappa shape index (κ1) is 15.9. The van der Waals surface area contributed by atoms with Crippen molar-refractivity contribution in [1.29, 1.82) is 0 Å². The van der Waals surface area contributed by atoms with Crippen LogP contribution in [0.1, 0.15) is 38.8 Å². The second-order valence-electron chi connectivity index (χ2n) is 6.35. The number of methoxy groups -OCH3 is 1. The van der Waals surface area contributed by atoms with Gasteiger partial charge in [0.25, 0.3) is 0 Å². The smallest absolute Gasteiger partial charge is 0.126 e. The zero-order valence-electron chi connectivity index (χ0n) is 13.8. The molecular formula is C18H27NO2. The molecule has 1 N–H and O–H groups in total. The van der Waals surface area contributed by atoms with Gasteiger partial charge in [0.1, 0.15) is 17.6 Å². The number of rotatable bonds is 6. The topological polar surface area (TPSA) is 30.5 Å². The van der Waals surface area contributed by atoms with Gasteiger partial charge in [-0.2, -0.15) is 0 Å². The van der Waals surface area contributed by atoms with Crippen molar-refractivity contribution in [1.82, 2.24) is 5.32 Å². The van der Waals surface area contributed by atoms with Gasteiger partial charge in [-0.15, -0.1) is 0 Å². The number of fused-ring (bicyclic) bond motifs is 1. The van der Waals surface area contributed by atoms with E-state index in [4.69, 9.17) is 9.47 Å². The SMILES string of the molecule is COc1cc2c(cc1/C=C(/C)CNCC(C)C)OC(C)C2. The van der Waals surface area contributed by atoms with Crippen molar-refractivity contribution in [2.24, 2.45) is 5.92 Å². The van der Waals surface area contributed by atoms with Gasteiger partial charge >= 0.3 is 0 Å². The Balaban J connectivity index is 2.13. The molecule has 3 heteroatoms. The highest BCUT2D eigenvalue weighted by molar-refractivity contribution is 5.64. The first-order valence-corrected chi connectivity index (χ1v) is 7.75. The number of hydrogen-bond acceptors (Lipinski definition) is 3. The Hall–Kier alpha value is -1.48. The molecule has 1 aliphatic rings. The molecule has 21 heavy (non-hydrogen) atoms. The Bertz CT molecular complexity index is 520. The normalized spacial score (nSPS) is 17.8. The van der Waals surface area contributed by atoms with E-state index in [1.807, 2.05) is 0 Å². The molecule has 3 nitrogen and oxygen atoms in total. The highest BCUT2D eigenvalue weighted by Gasteiger charge is 2.21. The summed E-state index contributed by atoms with van der Waals surface area (Å²) in [6.45, 7) is 10.6. The molecule has 0 fully saturated rings. The molecule has 0 saturated carbocycles. The van der Waals surface area contributed by atoms with Crippen LogP contribution in [-0.2, 0) is 6.42 Å². The van der Waals surface area contributed by atoms with E-state index in [-0.39, 0.29) is 6.10 Å². The van der Waals surface area contributed by atoms with E-state index in [0.717, 1.165) is 36.6 Å². The van der Waals surface area contributed by atoms with Crippen LogP contribution in [0.4, 0.5) is 0 Å². The molecule has 1 heterocycles. The minimum atomic E-state index is 0.262. The van der Waals surface area contributed by atoms with E-state index >= 15 is 0 Å². The average Bonchev–Trinajstić information content (AvgIpc) is 2.76. The number of nitrogens with one attached hydrogen (secondary N) is 1. The second kappa shape index (κ2) is 6.99. The first-order chi connectivity index (χ1) is 9.99. The highest BCUT2D eigenvalue weighted by Crippen LogP contribution is 2.35. The lowest BCUT2D eigenvalue weighted by Crippen LogP contribution is -2.21. The molecule has 1 aromatic rings. The van der Waals surface area contributed by atoms with Crippen LogP contribution in [0.3, 0.4) is 0 Å². The third-order valence-corrected chi connectivity index (χ3v) is 3.61. The average molecular weight is 289 g/mol. The monoisotopic (exact) mass is 289 g/mol. The Morgan fingerprint density at radius 1 is 1.48 bits per heavy atom. The van der Waals surface area contributed by atoms with E-state index in [9.17, 15) is 0 Å². The van der Waals surface area contributed by atoms with Gasteiger partial charge in [-0.25, -0.2) is 0 Å². The molecule has 0 bridgehead atoms. The summed E-state index contributed by atoms with van der Waals surface area (Å²) in [5.74, 6) is 2.59. The lowest BCUT2D eigenvalue weighted by Gasteiger charge is -2.11. The van der Waals surface area contributed by atoms with Crippen molar-refractivity contribution >= 4 is 6.08 Å². The van der Waals surface area contributed by atoms with Gasteiger partial charge in [0.05, 0.1) is 7.11 Å². The molecule has 116 valence electrons. The van der Waals surface area contributed by atoms with Gasteiger partial charge < -0.3 is 14.8 Å². The van der Waals surface area contributed by atoms with Gasteiger partial charge in [0, 0.05) is 24.1 Å². The van der Waals surface area contributed by atoms with Crippen molar-refractivity contribution in [2.75, 3.05) is 20.2 Å². The molecule has 2 rings (SSSR count). The Labute approximate surface area is 128 Å². The van der Waals surface area contributed by atoms with E-state index in [2.05, 4.69) is 51.2 Å². The third kappa shape index (κ3) is 4.24. The molecule has 0 spiro atoms. The minimum absolute atomic E-state index is 0.262. The quantitative estimate of drug-likeness (QED) is 0.867. The highest BCUT2D eigenvalue weighted by atomic mass is 16.5. The zero-order chi connectivity index (χ0) is 15.4. The van der Waals surface area contributed by atoms with Crippen LogP contribution in [0, 0.1) is 5.92 Å². The fraction of sp³-hybridized carbons (Fsp3) is 0.556. The molecule has 1 aromatic carbocycles. The van der Waals surface area contributed by atoms with Crippen LogP contribution in [0.2, 0.25) is 0 Å². The standard InChI is InChI=1S/C18H27NO2/c1-12(2)10-19-11-13(3)6-15-9-18-16(7-14(4)21-18)8-17(15)20-5/h6,8-9,12,14,19H,7,10-11H2,1-5H3/b13-6-. The van der Waals surface area contributed by atoms with Gasteiger partial charge in [0.15, 0.2) is 0 Å². The maximum absolute atomic E-state index is 5.84. The Morgan fingerprint density at radius 3 is 2.90 bits per heavy atom. The largest absolute Gasteiger partial charge is 0.496 e. The molecule has 1 aliphatic heterocycles. The van der Waals surface area contributed by atoms with E-state index < -0.39 is 0 Å². The van der Waals surface area contributed by atoms with Crippen molar-refractivity contribution in [3.63, 3.8) is 0 Å². The minimum Gasteiger partial charge on any atom is -0.496 e. The van der Waals surface area contributed by atoms with Crippen molar-refractivity contribution in [3.8, 4) is 11.5 Å². The van der Waals surface area contributed by atoms with Crippen molar-refractivity contribution in [2.45, 2.75) is 40.2 Å². The molecule has 1 unspecified atom stereocenters. The molecule has 0 aliphatic carbocycles. The zero-order valence-corrected chi connectivity index (χ0v) is 13.8. The molecule has 0 amide bonds. The Kier molecular flexibility index (Phi) is 5.29. The lowest BCUT2D eigenvalue weighted by atomic mass is 10.0. The van der Waals surface area contributed by atoms with Crippen LogP contribution in [-0.4, -0.2) is 26.3 Å². The van der Waals surface area contributed by atoms with Gasteiger partial charge in [-0.05, 0) is 38.4 Å². The summed E-state index contributed by atoms with van der Waals surface area (Å²) >= 11 is 0. The van der Waals surface area contributed by atoms with Crippen LogP contribution in [0.15, 0.2) is 17.7 Å². The molecule has 0 aromatic heterocycles. The predicted molar refractivity (Wildman–Crippen MR) is 88.1 cm³/mol. The number of benzene rings is 1. The fourth-order valence-electron chi connectivity index (χ4n) is 2.62. The molecule has 0 saturated heterocycles. The fourth-order valence-corrected chi connectivity index (χ4v) is 2.62. The van der Waals surface area contributed by atoms with Crippen LogP contribution < -0.4 is 14.8 Å². The third-order valence-electron chi connectivity index (χ3n) is 3.61. The number of ether oxygens (including phenoxy) is 2. The first-order valence-electron chi connectivity index (χ1n) is 7.75. The summed E-state index contributed by atoms with van der Waals surface area (Å²) in [6, 6.07) is 4.21. The summed E-state index contributed by atoms with van der Waals surface area (Å²) in [6.07, 6.45) is 3.40. The summed E-state index contributed by atoms with van der Waals surface area (Å²) in [7, 11) is 1.73. The van der Waals surface area contributed by atoms with Crippen LogP contribution >= 0.6 is 0 Å². The second-order valence-corrected chi connectivity index (χ2v) is 6.35. The number of hydrogen-bond donors (Lipinski definition) is 1. The van der Waals surface area contributed by atoms with Gasteiger partial charge in [0.2, 0.25) is 0 Å². The molecular weight excluding hydrogens is 262 g/mol. The lowest BCUT2D eigenvalue weighted by molar-refractivity contribution is 0.254. The summed E-state index contributed by atoms with van der Waals surface area (Å²) in [5.41, 5.74) is 3.63. The maximum atomic E-state index is 5.84. The van der Waals surface area contributed by atoms with Crippen LogP contribution in [0.5, 0.6) is 11.5 Å². The van der Waals surface area contributed by atoms with Crippen molar-refractivity contribution in [3.05, 3.63) is 28.8 Å². The van der Waals surface area contributed by atoms with E-state index in [1.54, 1.807) is 7.11 Å². The van der Waals surface area contributed by atoms with E-state index in [1.165, 1.54) is 11.1 Å². The summed E-state index contributed by atoms with van der Waals surface area (Å²) in [4.78, 5) is 0. The van der Waals surface area contributed by atoms with E-state index in [0.29, 0.717) is 5.92 Å². The van der Waals surface area contributed by atoms with Crippen LogP contribution in [0.25, 0.3) is 6.08 Å². The summed E-state index contributed by atoms with van der Waals surface area (Å²) in [5, 5.41) is 3.46. The molecule has 1 atom stereocenters.